The molecule has 0 bridgehead atoms. The summed E-state index contributed by atoms with van der Waals surface area (Å²) in [6.07, 6.45) is 2.19. The van der Waals surface area contributed by atoms with Crippen LogP contribution >= 0.6 is 0 Å². The van der Waals surface area contributed by atoms with Gasteiger partial charge in [-0.2, -0.15) is 0 Å². The van der Waals surface area contributed by atoms with Gasteiger partial charge in [0.2, 0.25) is 5.91 Å². The molecule has 0 unspecified atom stereocenters. The van der Waals surface area contributed by atoms with E-state index in [2.05, 4.69) is 10.6 Å². The molecule has 2 atom stereocenters. The molecule has 1 aliphatic carbocycles. The van der Waals surface area contributed by atoms with Crippen molar-refractivity contribution < 1.29 is 23.9 Å². The van der Waals surface area contributed by atoms with Crippen molar-refractivity contribution in [2.45, 2.75) is 37.8 Å². The first-order valence-electron chi connectivity index (χ1n) is 10.9. The molecule has 2 aromatic carbocycles. The predicted molar refractivity (Wildman–Crippen MR) is 115 cm³/mol. The van der Waals surface area contributed by atoms with E-state index in [9.17, 15) is 14.4 Å². The first-order valence-corrected chi connectivity index (χ1v) is 10.9. The monoisotopic (exact) mass is 435 g/mol. The van der Waals surface area contributed by atoms with Gasteiger partial charge in [-0.05, 0) is 55.0 Å². The van der Waals surface area contributed by atoms with E-state index in [1.54, 1.807) is 0 Å². The zero-order valence-corrected chi connectivity index (χ0v) is 17.8. The number of amides is 4. The van der Waals surface area contributed by atoms with Crippen LogP contribution in [0.25, 0.3) is 0 Å². The van der Waals surface area contributed by atoms with Crippen molar-refractivity contribution in [1.29, 1.82) is 0 Å². The number of hydrogen-bond donors (Lipinski definition) is 2. The highest BCUT2D eigenvalue weighted by molar-refractivity contribution is 6.09. The molecule has 0 radical (unpaired) electrons. The van der Waals surface area contributed by atoms with Gasteiger partial charge < -0.3 is 20.1 Å². The maximum absolute atomic E-state index is 13.3. The number of carbonyl (C=O) groups excluding carboxylic acids is 3. The van der Waals surface area contributed by atoms with Crippen molar-refractivity contribution in [3.05, 3.63) is 59.2 Å². The maximum Gasteiger partial charge on any atom is 0.325 e. The molecule has 2 aliphatic heterocycles. The number of nitrogens with one attached hydrogen (secondary N) is 2. The fourth-order valence-electron chi connectivity index (χ4n) is 4.80. The molecule has 2 N–H and O–H groups in total. The van der Waals surface area contributed by atoms with Crippen LogP contribution in [0.1, 0.15) is 42.5 Å². The molecule has 1 spiro atoms. The van der Waals surface area contributed by atoms with Crippen LogP contribution in [0.4, 0.5) is 4.79 Å². The number of urea groups is 1. The van der Waals surface area contributed by atoms with Crippen LogP contribution in [-0.2, 0) is 21.5 Å². The molecule has 166 valence electrons. The molecule has 8 nitrogen and oxygen atoms in total. The average Bonchev–Trinajstić information content (AvgIpc) is 3.03. The SMILES string of the molecule is C[C@@H](NC(=O)CN1C(=O)N[C@@]2(CCCc3ccccc32)C1=O)c1ccc2c(c1)OCCO2. The Bertz CT molecular complexity index is 1100. The topological polar surface area (TPSA) is 97.0 Å². The van der Waals surface area contributed by atoms with Gasteiger partial charge >= 0.3 is 6.03 Å². The minimum atomic E-state index is -1.08. The van der Waals surface area contributed by atoms with E-state index in [0.29, 0.717) is 31.1 Å². The average molecular weight is 435 g/mol. The van der Waals surface area contributed by atoms with Gasteiger partial charge in [-0.1, -0.05) is 30.3 Å². The highest BCUT2D eigenvalue weighted by Crippen LogP contribution is 2.40. The Morgan fingerprint density at radius 2 is 1.94 bits per heavy atom. The minimum Gasteiger partial charge on any atom is -0.486 e. The van der Waals surface area contributed by atoms with Crippen LogP contribution in [0.2, 0.25) is 0 Å². The lowest BCUT2D eigenvalue weighted by atomic mass is 9.76. The molecule has 2 heterocycles. The van der Waals surface area contributed by atoms with E-state index in [4.69, 9.17) is 9.47 Å². The van der Waals surface area contributed by atoms with E-state index < -0.39 is 17.5 Å². The number of ether oxygens (including phenoxy) is 2. The van der Waals surface area contributed by atoms with Crippen molar-refractivity contribution in [2.75, 3.05) is 19.8 Å². The molecule has 3 aliphatic rings. The summed E-state index contributed by atoms with van der Waals surface area (Å²) < 4.78 is 11.1. The zero-order chi connectivity index (χ0) is 22.3. The molecular weight excluding hydrogens is 410 g/mol. The third-order valence-corrected chi connectivity index (χ3v) is 6.40. The minimum absolute atomic E-state index is 0.330. The van der Waals surface area contributed by atoms with Gasteiger partial charge in [-0.25, -0.2) is 4.79 Å². The highest BCUT2D eigenvalue weighted by atomic mass is 16.6. The molecule has 5 rings (SSSR count). The summed E-state index contributed by atoms with van der Waals surface area (Å²) in [6.45, 7) is 2.50. The van der Waals surface area contributed by atoms with E-state index in [-0.39, 0.29) is 18.5 Å². The van der Waals surface area contributed by atoms with Gasteiger partial charge in [0.15, 0.2) is 11.5 Å². The Morgan fingerprint density at radius 1 is 1.16 bits per heavy atom. The highest BCUT2D eigenvalue weighted by Gasteiger charge is 2.54. The van der Waals surface area contributed by atoms with Gasteiger partial charge in [-0.15, -0.1) is 0 Å². The molecule has 1 saturated heterocycles. The van der Waals surface area contributed by atoms with Crippen LogP contribution in [0.5, 0.6) is 11.5 Å². The third-order valence-electron chi connectivity index (χ3n) is 6.40. The lowest BCUT2D eigenvalue weighted by Gasteiger charge is -2.33. The second-order valence-corrected chi connectivity index (χ2v) is 8.43. The Kier molecular flexibility index (Phi) is 5.00. The summed E-state index contributed by atoms with van der Waals surface area (Å²) in [4.78, 5) is 39.8. The van der Waals surface area contributed by atoms with Gasteiger partial charge in [-0.3, -0.25) is 14.5 Å². The molecule has 0 saturated carbocycles. The van der Waals surface area contributed by atoms with Crippen LogP contribution in [-0.4, -0.2) is 42.5 Å². The number of fused-ring (bicyclic) bond motifs is 3. The van der Waals surface area contributed by atoms with E-state index >= 15 is 0 Å². The van der Waals surface area contributed by atoms with Gasteiger partial charge in [0.05, 0.1) is 6.04 Å². The summed E-state index contributed by atoms with van der Waals surface area (Å²) in [5.41, 5.74) is 1.66. The maximum atomic E-state index is 13.3. The first kappa shape index (κ1) is 20.4. The quantitative estimate of drug-likeness (QED) is 0.719. The van der Waals surface area contributed by atoms with Crippen molar-refractivity contribution in [3.8, 4) is 11.5 Å². The van der Waals surface area contributed by atoms with Crippen molar-refractivity contribution in [1.82, 2.24) is 15.5 Å². The molecule has 8 heteroatoms. The summed E-state index contributed by atoms with van der Waals surface area (Å²) in [5, 5.41) is 5.75. The Labute approximate surface area is 185 Å². The Hall–Kier alpha value is -3.55. The fraction of sp³-hybridized carbons (Fsp3) is 0.375. The lowest BCUT2D eigenvalue weighted by molar-refractivity contribution is -0.135. The molecule has 1 fully saturated rings. The van der Waals surface area contributed by atoms with Crippen molar-refractivity contribution >= 4 is 17.8 Å². The largest absolute Gasteiger partial charge is 0.486 e. The molecule has 4 amide bonds. The molecule has 32 heavy (non-hydrogen) atoms. The second kappa shape index (κ2) is 7.85. The number of carbonyl (C=O) groups is 3. The standard InChI is InChI=1S/C24H25N3O5/c1-15(17-8-9-19-20(13-17)32-12-11-31-19)25-21(28)14-27-22(29)24(26-23(27)30)10-4-6-16-5-2-3-7-18(16)24/h2-3,5,7-9,13,15H,4,6,10-12,14H2,1H3,(H,25,28)(H,26,30)/t15-,24-/m1/s1. The zero-order valence-electron chi connectivity index (χ0n) is 17.8. The second-order valence-electron chi connectivity index (χ2n) is 8.43. The number of imide groups is 1. The van der Waals surface area contributed by atoms with Gasteiger partial charge in [0.25, 0.3) is 5.91 Å². The number of aryl methyl sites for hydroxylation is 1. The van der Waals surface area contributed by atoms with Crippen LogP contribution in [0, 0.1) is 0 Å². The summed E-state index contributed by atoms with van der Waals surface area (Å²) in [6, 6.07) is 12.3. The predicted octanol–water partition coefficient (Wildman–Crippen LogP) is 2.42. The van der Waals surface area contributed by atoms with Crippen LogP contribution < -0.4 is 20.1 Å². The van der Waals surface area contributed by atoms with E-state index in [1.165, 1.54) is 0 Å². The number of hydrogen-bond acceptors (Lipinski definition) is 5. The molecular formula is C24H25N3O5. The van der Waals surface area contributed by atoms with Crippen molar-refractivity contribution in [2.24, 2.45) is 0 Å². The number of rotatable bonds is 4. The normalized spacial score (nSPS) is 22.3. The molecule has 2 aromatic rings. The molecule has 0 aromatic heterocycles. The summed E-state index contributed by atoms with van der Waals surface area (Å²) >= 11 is 0. The van der Waals surface area contributed by atoms with Gasteiger partial charge in [0.1, 0.15) is 25.3 Å². The number of benzene rings is 2. The van der Waals surface area contributed by atoms with Gasteiger partial charge in [0, 0.05) is 0 Å². The Morgan fingerprint density at radius 3 is 2.78 bits per heavy atom. The van der Waals surface area contributed by atoms with Crippen LogP contribution in [0.15, 0.2) is 42.5 Å². The third kappa shape index (κ3) is 3.36. The Balaban J connectivity index is 1.29. The smallest absolute Gasteiger partial charge is 0.325 e. The summed E-state index contributed by atoms with van der Waals surface area (Å²) in [5.74, 6) is 0.548. The van der Waals surface area contributed by atoms with Crippen LogP contribution in [0.3, 0.4) is 0 Å². The van der Waals surface area contributed by atoms with Crippen molar-refractivity contribution in [3.63, 3.8) is 0 Å². The van der Waals surface area contributed by atoms with E-state index in [0.717, 1.165) is 34.4 Å². The lowest BCUT2D eigenvalue weighted by Crippen LogP contribution is -2.47. The number of nitrogens with zero attached hydrogens (tertiary/aromatic N) is 1. The summed E-state index contributed by atoms with van der Waals surface area (Å²) in [7, 11) is 0. The first-order chi connectivity index (χ1) is 15.5. The van der Waals surface area contributed by atoms with E-state index in [1.807, 2.05) is 49.4 Å². The fourth-order valence-corrected chi connectivity index (χ4v) is 4.80.